The zero-order valence-electron chi connectivity index (χ0n) is 12.3. The fourth-order valence-corrected chi connectivity index (χ4v) is 2.58. The van der Waals surface area contributed by atoms with Crippen LogP contribution < -0.4 is 0 Å². The number of allylic oxidation sites excluding steroid dienone is 1. The number of hydrogen-bond acceptors (Lipinski definition) is 5. The molecule has 1 aliphatic heterocycles. The number of nitrogens with zero attached hydrogens (tertiary/aromatic N) is 3. The lowest BCUT2D eigenvalue weighted by molar-refractivity contribution is -0.385. The maximum atomic E-state index is 10.9. The Morgan fingerprint density at radius 3 is 2.91 bits per heavy atom. The molecule has 116 valence electrons. The van der Waals surface area contributed by atoms with Crippen molar-refractivity contribution in [2.45, 2.75) is 12.8 Å². The Bertz CT molecular complexity index is 798. The highest BCUT2D eigenvalue weighted by atomic mass is 16.6. The summed E-state index contributed by atoms with van der Waals surface area (Å²) >= 11 is 0. The molecule has 0 unspecified atom stereocenters. The van der Waals surface area contributed by atoms with E-state index in [0.29, 0.717) is 5.56 Å². The van der Waals surface area contributed by atoms with Gasteiger partial charge < -0.3 is 5.11 Å². The first-order valence-corrected chi connectivity index (χ1v) is 7.28. The molecule has 3 rings (SSSR count). The van der Waals surface area contributed by atoms with Crippen molar-refractivity contribution < 1.29 is 10.0 Å². The maximum Gasteiger partial charge on any atom is 0.311 e. The highest BCUT2D eigenvalue weighted by molar-refractivity contribution is 6.15. The molecule has 23 heavy (non-hydrogen) atoms. The lowest BCUT2D eigenvalue weighted by Crippen LogP contribution is -2.11. The van der Waals surface area contributed by atoms with Crippen molar-refractivity contribution in [3.05, 3.63) is 69.5 Å². The molecule has 0 spiro atoms. The zero-order chi connectivity index (χ0) is 16.2. The Kier molecular flexibility index (Phi) is 4.14. The van der Waals surface area contributed by atoms with Gasteiger partial charge in [-0.1, -0.05) is 6.07 Å². The third kappa shape index (κ3) is 3.26. The lowest BCUT2D eigenvalue weighted by atomic mass is 9.95. The molecule has 0 aliphatic carbocycles. The van der Waals surface area contributed by atoms with Crippen LogP contribution in [0.5, 0.6) is 5.75 Å². The molecule has 0 saturated heterocycles. The quantitative estimate of drug-likeness (QED) is 0.695. The number of phenols is 1. The SMILES string of the molecule is O=[N+]([O-])c1cc(C=C2CCCN=C2c2cccnc2)ccc1O. The van der Waals surface area contributed by atoms with Crippen LogP contribution in [0.2, 0.25) is 0 Å². The summed E-state index contributed by atoms with van der Waals surface area (Å²) < 4.78 is 0. The van der Waals surface area contributed by atoms with Gasteiger partial charge in [0.15, 0.2) is 5.75 Å². The molecule has 0 saturated carbocycles. The summed E-state index contributed by atoms with van der Waals surface area (Å²) in [7, 11) is 0. The topological polar surface area (TPSA) is 88.6 Å². The van der Waals surface area contributed by atoms with Crippen LogP contribution in [0.25, 0.3) is 6.08 Å². The summed E-state index contributed by atoms with van der Waals surface area (Å²) in [4.78, 5) is 19.1. The molecule has 1 aromatic heterocycles. The third-order valence-electron chi connectivity index (χ3n) is 3.65. The van der Waals surface area contributed by atoms with Crippen molar-refractivity contribution in [3.8, 4) is 5.75 Å². The van der Waals surface area contributed by atoms with E-state index >= 15 is 0 Å². The van der Waals surface area contributed by atoms with E-state index in [2.05, 4.69) is 9.98 Å². The smallest absolute Gasteiger partial charge is 0.311 e. The minimum Gasteiger partial charge on any atom is -0.502 e. The van der Waals surface area contributed by atoms with Gasteiger partial charge in [0.05, 0.1) is 10.6 Å². The normalized spacial score (nSPS) is 16.2. The van der Waals surface area contributed by atoms with Gasteiger partial charge >= 0.3 is 5.69 Å². The Hall–Kier alpha value is -3.02. The van der Waals surface area contributed by atoms with Crippen LogP contribution >= 0.6 is 0 Å². The van der Waals surface area contributed by atoms with Gasteiger partial charge in [0.2, 0.25) is 0 Å². The lowest BCUT2D eigenvalue weighted by Gasteiger charge is -2.16. The molecule has 1 N–H and O–H groups in total. The first-order valence-electron chi connectivity index (χ1n) is 7.28. The minimum absolute atomic E-state index is 0.296. The number of rotatable bonds is 3. The van der Waals surface area contributed by atoms with Gasteiger partial charge in [0, 0.05) is 30.6 Å². The van der Waals surface area contributed by atoms with Crippen LogP contribution in [-0.4, -0.2) is 27.3 Å². The number of benzene rings is 1. The van der Waals surface area contributed by atoms with Gasteiger partial charge in [-0.05, 0) is 48.3 Å². The van der Waals surface area contributed by atoms with Gasteiger partial charge in [-0.25, -0.2) is 0 Å². The number of aromatic nitrogens is 1. The standard InChI is InChI=1S/C17H15N3O3/c21-16-6-5-12(10-15(16)20(22)23)9-13-3-2-8-19-17(13)14-4-1-7-18-11-14/h1,4-7,9-11,21H,2-3,8H2. The summed E-state index contributed by atoms with van der Waals surface area (Å²) in [6, 6.07) is 8.18. The largest absolute Gasteiger partial charge is 0.502 e. The number of phenolic OH excluding ortho intramolecular Hbond substituents is 1. The summed E-state index contributed by atoms with van der Waals surface area (Å²) in [5.74, 6) is -0.332. The van der Waals surface area contributed by atoms with E-state index in [4.69, 9.17) is 0 Å². The summed E-state index contributed by atoms with van der Waals surface area (Å²) in [6.45, 7) is 0.761. The zero-order valence-corrected chi connectivity index (χ0v) is 12.3. The Morgan fingerprint density at radius 2 is 2.17 bits per heavy atom. The van der Waals surface area contributed by atoms with E-state index in [9.17, 15) is 15.2 Å². The maximum absolute atomic E-state index is 10.9. The number of aliphatic imine (C=N–C) groups is 1. The molecule has 0 fully saturated rings. The van der Waals surface area contributed by atoms with Crippen LogP contribution in [0.15, 0.2) is 53.3 Å². The Morgan fingerprint density at radius 1 is 1.30 bits per heavy atom. The number of pyridine rings is 1. The monoisotopic (exact) mass is 309 g/mol. The van der Waals surface area contributed by atoms with Crippen molar-refractivity contribution in [1.82, 2.24) is 4.98 Å². The molecule has 6 heteroatoms. The van der Waals surface area contributed by atoms with E-state index in [0.717, 1.165) is 36.2 Å². The summed E-state index contributed by atoms with van der Waals surface area (Å²) in [5.41, 5.74) is 3.20. The van der Waals surface area contributed by atoms with Crippen molar-refractivity contribution in [3.63, 3.8) is 0 Å². The number of nitro benzene ring substituents is 1. The highest BCUT2D eigenvalue weighted by Crippen LogP contribution is 2.29. The number of nitro groups is 1. The molecule has 1 aromatic carbocycles. The average Bonchev–Trinajstić information content (AvgIpc) is 2.57. The van der Waals surface area contributed by atoms with Crippen molar-refractivity contribution >= 4 is 17.5 Å². The van der Waals surface area contributed by atoms with Crippen molar-refractivity contribution in [2.24, 2.45) is 4.99 Å². The molecule has 2 heterocycles. The van der Waals surface area contributed by atoms with Crippen LogP contribution in [-0.2, 0) is 0 Å². The molecule has 0 bridgehead atoms. The van der Waals surface area contributed by atoms with Gasteiger partial charge in [-0.15, -0.1) is 0 Å². The van der Waals surface area contributed by atoms with Crippen LogP contribution in [0.4, 0.5) is 5.69 Å². The van der Waals surface area contributed by atoms with Gasteiger partial charge in [-0.3, -0.25) is 20.1 Å². The predicted octanol–water partition coefficient (Wildman–Crippen LogP) is 3.36. The molecule has 0 atom stereocenters. The van der Waals surface area contributed by atoms with E-state index in [1.165, 1.54) is 12.1 Å². The number of aromatic hydroxyl groups is 1. The van der Waals surface area contributed by atoms with Gasteiger partial charge in [0.1, 0.15) is 0 Å². The van der Waals surface area contributed by atoms with Crippen LogP contribution in [0.3, 0.4) is 0 Å². The predicted molar refractivity (Wildman–Crippen MR) is 87.6 cm³/mol. The number of hydrogen-bond donors (Lipinski definition) is 1. The second kappa shape index (κ2) is 6.39. The van der Waals surface area contributed by atoms with Crippen molar-refractivity contribution in [1.29, 1.82) is 0 Å². The fourth-order valence-electron chi connectivity index (χ4n) is 2.58. The molecule has 2 aromatic rings. The third-order valence-corrected chi connectivity index (χ3v) is 3.65. The molecule has 1 aliphatic rings. The fraction of sp³-hybridized carbons (Fsp3) is 0.176. The Balaban J connectivity index is 2.01. The van der Waals surface area contributed by atoms with Crippen LogP contribution in [0.1, 0.15) is 24.0 Å². The van der Waals surface area contributed by atoms with Gasteiger partial charge in [-0.2, -0.15) is 0 Å². The summed E-state index contributed by atoms with van der Waals surface area (Å²) in [6.07, 6.45) is 7.15. The molecular formula is C17H15N3O3. The van der Waals surface area contributed by atoms with E-state index in [1.807, 2.05) is 18.2 Å². The Labute approximate surface area is 133 Å². The molecule has 0 radical (unpaired) electrons. The van der Waals surface area contributed by atoms with Crippen LogP contribution in [0, 0.1) is 10.1 Å². The van der Waals surface area contributed by atoms with E-state index < -0.39 is 4.92 Å². The highest BCUT2D eigenvalue weighted by Gasteiger charge is 2.16. The van der Waals surface area contributed by atoms with Crippen molar-refractivity contribution in [2.75, 3.05) is 6.54 Å². The first kappa shape index (κ1) is 14.9. The average molecular weight is 309 g/mol. The van der Waals surface area contributed by atoms with E-state index in [-0.39, 0.29) is 11.4 Å². The second-order valence-corrected chi connectivity index (χ2v) is 5.25. The van der Waals surface area contributed by atoms with E-state index in [1.54, 1.807) is 18.5 Å². The van der Waals surface area contributed by atoms with Gasteiger partial charge in [0.25, 0.3) is 0 Å². The first-order chi connectivity index (χ1) is 11.1. The molecular weight excluding hydrogens is 294 g/mol. The molecule has 6 nitrogen and oxygen atoms in total. The molecule has 0 amide bonds. The summed E-state index contributed by atoms with van der Waals surface area (Å²) in [5, 5.41) is 20.5. The second-order valence-electron chi connectivity index (χ2n) is 5.25. The minimum atomic E-state index is -0.589.